The van der Waals surface area contributed by atoms with Crippen LogP contribution in [0.5, 0.6) is 5.75 Å². The molecule has 3 N–H and O–H groups in total. The number of nitrogens with one attached hydrogen (secondary N) is 2. The lowest BCUT2D eigenvalue weighted by Gasteiger charge is -2.23. The zero-order valence-corrected chi connectivity index (χ0v) is 20.5. The van der Waals surface area contributed by atoms with Crippen molar-refractivity contribution in [1.29, 1.82) is 0 Å². The molecule has 180 valence electrons. The van der Waals surface area contributed by atoms with Crippen molar-refractivity contribution < 1.29 is 18.3 Å². The summed E-state index contributed by atoms with van der Waals surface area (Å²) in [6.45, 7) is 5.24. The smallest absolute Gasteiger partial charge is 0.305 e. The van der Waals surface area contributed by atoms with E-state index in [0.29, 0.717) is 36.2 Å². The molecule has 0 bridgehead atoms. The number of sulfonamides is 1. The van der Waals surface area contributed by atoms with Crippen molar-refractivity contribution in [3.05, 3.63) is 63.3 Å². The van der Waals surface area contributed by atoms with Crippen LogP contribution in [0.25, 0.3) is 10.2 Å². The predicted molar refractivity (Wildman–Crippen MR) is 132 cm³/mol. The number of aromatic amines is 1. The molecule has 0 saturated carbocycles. The molecule has 0 radical (unpaired) electrons. The largest absolute Gasteiger partial charge is 0.506 e. The standard InChI is InChI=1S/C23H31N3O5S2/c1-3-15-33(29,30)26(13-14-31-16-17(2)18-7-5-4-6-8-18)24-12-11-19-9-10-20(27)21-22(19)32-23(28)25-21/h4-10,17,24,27H,3,11-16H2,1-2H3,(H,25,28). The third-order valence-electron chi connectivity index (χ3n) is 5.29. The van der Waals surface area contributed by atoms with E-state index >= 15 is 0 Å². The normalized spacial score (nSPS) is 13.1. The fraction of sp³-hybridized carbons (Fsp3) is 0.435. The van der Waals surface area contributed by atoms with E-state index in [2.05, 4.69) is 29.5 Å². The number of fused-ring (bicyclic) bond motifs is 1. The Morgan fingerprint density at radius 1 is 1.21 bits per heavy atom. The fourth-order valence-electron chi connectivity index (χ4n) is 3.56. The van der Waals surface area contributed by atoms with Gasteiger partial charge in [-0.2, -0.15) is 0 Å². The summed E-state index contributed by atoms with van der Waals surface area (Å²) < 4.78 is 33.2. The Hall–Kier alpha value is -2.24. The Labute approximate surface area is 198 Å². The van der Waals surface area contributed by atoms with Gasteiger partial charge in [0.25, 0.3) is 0 Å². The number of aromatic hydroxyl groups is 1. The first-order valence-electron chi connectivity index (χ1n) is 11.0. The van der Waals surface area contributed by atoms with E-state index in [-0.39, 0.29) is 35.4 Å². The molecule has 33 heavy (non-hydrogen) atoms. The van der Waals surface area contributed by atoms with Gasteiger partial charge in [-0.05, 0) is 30.0 Å². The molecule has 0 aliphatic rings. The third-order valence-corrected chi connectivity index (χ3v) is 8.16. The van der Waals surface area contributed by atoms with Gasteiger partial charge in [0, 0.05) is 12.5 Å². The highest BCUT2D eigenvalue weighted by Gasteiger charge is 2.21. The quantitative estimate of drug-likeness (QED) is 0.249. The number of hydrogen-bond acceptors (Lipinski definition) is 7. The minimum absolute atomic E-state index is 0.0223. The summed E-state index contributed by atoms with van der Waals surface area (Å²) in [6.07, 6.45) is 1.01. The van der Waals surface area contributed by atoms with Crippen LogP contribution in [-0.4, -0.2) is 55.0 Å². The van der Waals surface area contributed by atoms with Crippen molar-refractivity contribution >= 4 is 31.6 Å². The van der Waals surface area contributed by atoms with Gasteiger partial charge in [-0.15, -0.1) is 4.41 Å². The molecule has 1 heterocycles. The van der Waals surface area contributed by atoms with Gasteiger partial charge in [0.2, 0.25) is 10.0 Å². The van der Waals surface area contributed by atoms with Gasteiger partial charge in [0.1, 0.15) is 11.3 Å². The average molecular weight is 494 g/mol. The maximum absolute atomic E-state index is 12.7. The van der Waals surface area contributed by atoms with Crippen LogP contribution >= 0.6 is 11.3 Å². The number of thiazole rings is 1. The average Bonchev–Trinajstić information content (AvgIpc) is 3.19. The number of rotatable bonds is 13. The van der Waals surface area contributed by atoms with Gasteiger partial charge in [-0.25, -0.2) is 13.8 Å². The first kappa shape index (κ1) is 25.4. The van der Waals surface area contributed by atoms with E-state index in [4.69, 9.17) is 4.74 Å². The summed E-state index contributed by atoms with van der Waals surface area (Å²) in [5, 5.41) is 9.94. The lowest BCUT2D eigenvalue weighted by molar-refractivity contribution is 0.105. The van der Waals surface area contributed by atoms with Crippen molar-refractivity contribution in [2.75, 3.05) is 32.1 Å². The molecule has 0 spiro atoms. The molecule has 1 atom stereocenters. The zero-order chi connectivity index (χ0) is 23.8. The Bertz CT molecular complexity index is 1190. The third kappa shape index (κ3) is 6.87. The first-order chi connectivity index (χ1) is 15.8. The molecule has 0 aliphatic carbocycles. The molecular formula is C23H31N3O5S2. The summed E-state index contributed by atoms with van der Waals surface area (Å²) in [7, 11) is -3.48. The lowest BCUT2D eigenvalue weighted by atomic mass is 10.0. The molecule has 1 aromatic heterocycles. The number of ether oxygens (including phenoxy) is 1. The van der Waals surface area contributed by atoms with E-state index in [9.17, 15) is 18.3 Å². The van der Waals surface area contributed by atoms with Crippen LogP contribution in [0.4, 0.5) is 0 Å². The number of nitrogens with zero attached hydrogens (tertiary/aromatic N) is 1. The van der Waals surface area contributed by atoms with E-state index in [1.807, 2.05) is 25.1 Å². The van der Waals surface area contributed by atoms with Gasteiger partial charge < -0.3 is 14.8 Å². The number of hydrazine groups is 1. The van der Waals surface area contributed by atoms with Crippen LogP contribution in [0.15, 0.2) is 47.3 Å². The maximum Gasteiger partial charge on any atom is 0.305 e. The van der Waals surface area contributed by atoms with Crippen molar-refractivity contribution in [2.45, 2.75) is 32.6 Å². The van der Waals surface area contributed by atoms with E-state index in [0.717, 1.165) is 16.9 Å². The summed E-state index contributed by atoms with van der Waals surface area (Å²) >= 11 is 1.03. The molecule has 3 aromatic rings. The molecule has 1 unspecified atom stereocenters. The monoisotopic (exact) mass is 493 g/mol. The van der Waals surface area contributed by atoms with Crippen molar-refractivity contribution in [3.8, 4) is 5.75 Å². The second kappa shape index (κ2) is 11.8. The van der Waals surface area contributed by atoms with Crippen molar-refractivity contribution in [1.82, 2.24) is 14.8 Å². The van der Waals surface area contributed by atoms with Crippen molar-refractivity contribution in [3.63, 3.8) is 0 Å². The molecule has 0 fully saturated rings. The number of benzene rings is 2. The Morgan fingerprint density at radius 3 is 2.70 bits per heavy atom. The Morgan fingerprint density at radius 2 is 1.97 bits per heavy atom. The predicted octanol–water partition coefficient (Wildman–Crippen LogP) is 3.20. The first-order valence-corrected chi connectivity index (χ1v) is 13.4. The molecule has 0 amide bonds. The number of H-pyrrole nitrogens is 1. The van der Waals surface area contributed by atoms with E-state index < -0.39 is 10.0 Å². The molecule has 3 rings (SSSR count). The van der Waals surface area contributed by atoms with Gasteiger partial charge >= 0.3 is 4.87 Å². The lowest BCUT2D eigenvalue weighted by Crippen LogP contribution is -2.46. The Kier molecular flexibility index (Phi) is 9.04. The SMILES string of the molecule is CCCS(=O)(=O)N(CCOCC(C)c1ccccc1)NCCc1ccc(O)c2[nH]c(=O)sc12. The fourth-order valence-corrected chi connectivity index (χ4v) is 5.83. The number of aromatic nitrogens is 1. The summed E-state index contributed by atoms with van der Waals surface area (Å²) in [5.74, 6) is 0.280. The van der Waals surface area contributed by atoms with Crippen molar-refractivity contribution in [2.24, 2.45) is 0 Å². The molecule has 0 aliphatic heterocycles. The topological polar surface area (TPSA) is 112 Å². The van der Waals surface area contributed by atoms with Gasteiger partial charge in [-0.3, -0.25) is 4.79 Å². The second-order valence-corrected chi connectivity index (χ2v) is 10.9. The Balaban J connectivity index is 1.57. The zero-order valence-electron chi connectivity index (χ0n) is 18.9. The highest BCUT2D eigenvalue weighted by atomic mass is 32.2. The number of phenols is 1. The molecule has 2 aromatic carbocycles. The highest BCUT2D eigenvalue weighted by Crippen LogP contribution is 2.27. The summed E-state index contributed by atoms with van der Waals surface area (Å²) in [6, 6.07) is 13.3. The second-order valence-electron chi connectivity index (χ2n) is 7.90. The molecule has 10 heteroatoms. The van der Waals surface area contributed by atoms with Gasteiger partial charge in [-0.1, -0.05) is 61.6 Å². The van der Waals surface area contributed by atoms with Gasteiger partial charge in [0.15, 0.2) is 0 Å². The van der Waals surface area contributed by atoms with Crippen LogP contribution in [0.3, 0.4) is 0 Å². The molecule has 8 nitrogen and oxygen atoms in total. The van der Waals surface area contributed by atoms with Crippen LogP contribution in [0.1, 0.15) is 37.3 Å². The van der Waals surface area contributed by atoms with Crippen LogP contribution < -0.4 is 10.3 Å². The van der Waals surface area contributed by atoms with E-state index in [1.165, 1.54) is 16.0 Å². The number of hydrogen-bond donors (Lipinski definition) is 3. The van der Waals surface area contributed by atoms with Crippen LogP contribution in [-0.2, 0) is 21.2 Å². The maximum atomic E-state index is 12.7. The van der Waals surface area contributed by atoms with E-state index in [1.54, 1.807) is 6.07 Å². The van der Waals surface area contributed by atoms with Gasteiger partial charge in [0.05, 0.1) is 30.2 Å². The minimum Gasteiger partial charge on any atom is -0.506 e. The summed E-state index contributed by atoms with van der Waals surface area (Å²) in [4.78, 5) is 14.1. The summed E-state index contributed by atoms with van der Waals surface area (Å²) in [5.41, 5.74) is 5.47. The molecular weight excluding hydrogens is 462 g/mol. The van der Waals surface area contributed by atoms with Crippen LogP contribution in [0.2, 0.25) is 0 Å². The molecule has 0 saturated heterocycles. The van der Waals surface area contributed by atoms with Crippen LogP contribution in [0, 0.1) is 0 Å². The highest BCUT2D eigenvalue weighted by molar-refractivity contribution is 7.89. The minimum atomic E-state index is -3.48. The number of phenolic OH excluding ortho intramolecular Hbond substituents is 1.